The highest BCUT2D eigenvalue weighted by Crippen LogP contribution is 2.18. The van der Waals surface area contributed by atoms with E-state index in [1.54, 1.807) is 18.2 Å². The molecule has 0 aliphatic rings. The normalized spacial score (nSPS) is 10.8. The van der Waals surface area contributed by atoms with E-state index in [1.165, 1.54) is 0 Å². The lowest BCUT2D eigenvalue weighted by atomic mass is 10.3. The average Bonchev–Trinajstić information content (AvgIpc) is 2.29. The van der Waals surface area contributed by atoms with E-state index in [-0.39, 0.29) is 5.69 Å². The fourth-order valence-corrected chi connectivity index (χ4v) is 1.40. The number of para-hydroxylation sites is 1. The van der Waals surface area contributed by atoms with Crippen LogP contribution in [0, 0.1) is 0 Å². The van der Waals surface area contributed by atoms with E-state index in [2.05, 4.69) is 4.98 Å². The van der Waals surface area contributed by atoms with Crippen molar-refractivity contribution in [2.45, 2.75) is 0 Å². The van der Waals surface area contributed by atoms with Crippen LogP contribution in [-0.2, 0) is 0 Å². The Morgan fingerprint density at radius 2 is 2.25 bits per heavy atom. The van der Waals surface area contributed by atoms with Gasteiger partial charge in [-0.15, -0.1) is 0 Å². The molecule has 1 aromatic heterocycles. The van der Waals surface area contributed by atoms with Crippen molar-refractivity contribution < 1.29 is 0 Å². The van der Waals surface area contributed by atoms with Gasteiger partial charge in [0.2, 0.25) is 0 Å². The molecule has 3 N–H and O–H groups in total. The molecule has 62 valence electrons. The first kappa shape index (κ1) is 7.24. The van der Waals surface area contributed by atoms with Gasteiger partial charge in [-0.2, -0.15) is 0 Å². The van der Waals surface area contributed by atoms with E-state index < -0.39 is 0 Å². The summed E-state index contributed by atoms with van der Waals surface area (Å²) < 4.78 is 0.998. The van der Waals surface area contributed by atoms with Crippen LogP contribution in [0.1, 0.15) is 0 Å². The number of benzene rings is 1. The van der Waals surface area contributed by atoms with Crippen LogP contribution < -0.4 is 11.5 Å². The van der Waals surface area contributed by atoms with Gasteiger partial charge < -0.3 is 10.8 Å². The minimum absolute atomic E-state index is 0.363. The van der Waals surface area contributed by atoms with Crippen molar-refractivity contribution in [1.82, 2.24) is 9.66 Å². The van der Waals surface area contributed by atoms with E-state index in [0.29, 0.717) is 16.1 Å². The van der Waals surface area contributed by atoms with Gasteiger partial charge in [-0.1, -0.05) is 17.7 Å². The third kappa shape index (κ3) is 0.816. The molecule has 0 aliphatic heterocycles. The molecule has 12 heavy (non-hydrogen) atoms. The van der Waals surface area contributed by atoms with E-state index in [9.17, 15) is 4.79 Å². The number of rotatable bonds is 0. The predicted molar refractivity (Wildman–Crippen MR) is 47.7 cm³/mol. The van der Waals surface area contributed by atoms with Gasteiger partial charge >= 0.3 is 5.69 Å². The van der Waals surface area contributed by atoms with Crippen LogP contribution in [0.2, 0.25) is 5.02 Å². The lowest BCUT2D eigenvalue weighted by Gasteiger charge is -1.94. The molecule has 0 fully saturated rings. The first-order valence-corrected chi connectivity index (χ1v) is 3.72. The number of nitrogens with two attached hydrogens (primary N) is 1. The summed E-state index contributed by atoms with van der Waals surface area (Å²) in [5, 5.41) is 0.466. The highest BCUT2D eigenvalue weighted by atomic mass is 35.5. The van der Waals surface area contributed by atoms with Crippen molar-refractivity contribution in [3.8, 4) is 0 Å². The zero-order valence-electron chi connectivity index (χ0n) is 6.04. The second kappa shape index (κ2) is 2.28. The van der Waals surface area contributed by atoms with Crippen LogP contribution in [0.4, 0.5) is 0 Å². The zero-order valence-corrected chi connectivity index (χ0v) is 6.80. The molecule has 0 saturated carbocycles. The third-order valence-corrected chi connectivity index (χ3v) is 1.99. The van der Waals surface area contributed by atoms with Crippen molar-refractivity contribution in [1.29, 1.82) is 0 Å². The molecule has 2 aromatic rings. The van der Waals surface area contributed by atoms with Crippen molar-refractivity contribution in [3.05, 3.63) is 33.7 Å². The number of fused-ring (bicyclic) bond motifs is 1. The summed E-state index contributed by atoms with van der Waals surface area (Å²) in [5.41, 5.74) is 0.817. The van der Waals surface area contributed by atoms with Crippen LogP contribution in [0.25, 0.3) is 11.0 Å². The fraction of sp³-hybridized carbons (Fsp3) is 0. The van der Waals surface area contributed by atoms with Crippen molar-refractivity contribution in [3.63, 3.8) is 0 Å². The SMILES string of the molecule is Nn1c(=O)[nH]c2cccc(Cl)c21. The number of halogens is 1. The Kier molecular flexibility index (Phi) is 1.38. The Morgan fingerprint density at radius 1 is 1.50 bits per heavy atom. The van der Waals surface area contributed by atoms with Gasteiger partial charge in [0, 0.05) is 0 Å². The van der Waals surface area contributed by atoms with Crippen molar-refractivity contribution in [2.24, 2.45) is 0 Å². The second-order valence-electron chi connectivity index (χ2n) is 2.44. The number of hydrogen-bond acceptors (Lipinski definition) is 2. The van der Waals surface area contributed by atoms with E-state index >= 15 is 0 Å². The summed E-state index contributed by atoms with van der Waals surface area (Å²) in [6.07, 6.45) is 0. The maximum absolute atomic E-state index is 11.0. The number of aromatic amines is 1. The zero-order chi connectivity index (χ0) is 8.72. The summed E-state index contributed by atoms with van der Waals surface area (Å²) in [4.78, 5) is 13.6. The number of nitrogens with one attached hydrogen (secondary N) is 1. The largest absolute Gasteiger partial charge is 0.344 e. The Balaban J connectivity index is 3.07. The van der Waals surface area contributed by atoms with E-state index in [1.807, 2.05) is 0 Å². The van der Waals surface area contributed by atoms with Crippen molar-refractivity contribution >= 4 is 22.6 Å². The molecular formula is C7H6ClN3O. The third-order valence-electron chi connectivity index (χ3n) is 1.69. The molecule has 2 rings (SSSR count). The molecule has 5 heteroatoms. The van der Waals surface area contributed by atoms with Crippen LogP contribution in [0.3, 0.4) is 0 Å². The molecule has 1 aromatic carbocycles. The Bertz CT molecular complexity index is 485. The average molecular weight is 184 g/mol. The second-order valence-corrected chi connectivity index (χ2v) is 2.84. The summed E-state index contributed by atoms with van der Waals surface area (Å²) >= 11 is 5.82. The van der Waals surface area contributed by atoms with Crippen LogP contribution in [0.5, 0.6) is 0 Å². The topological polar surface area (TPSA) is 63.8 Å². The molecule has 4 nitrogen and oxygen atoms in total. The van der Waals surface area contributed by atoms with Gasteiger partial charge in [0.05, 0.1) is 10.5 Å². The molecule has 0 atom stereocenters. The van der Waals surface area contributed by atoms with Gasteiger partial charge in [-0.25, -0.2) is 9.47 Å². The minimum atomic E-state index is -0.363. The smallest absolute Gasteiger partial charge is 0.335 e. The van der Waals surface area contributed by atoms with Gasteiger partial charge in [0.15, 0.2) is 0 Å². The first-order valence-electron chi connectivity index (χ1n) is 3.34. The molecule has 0 saturated heterocycles. The number of nitrogen functional groups attached to an aromatic ring is 1. The summed E-state index contributed by atoms with van der Waals surface area (Å²) in [5.74, 6) is 5.43. The Labute approximate surface area is 72.5 Å². The first-order chi connectivity index (χ1) is 5.70. The molecule has 0 amide bonds. The molecule has 1 heterocycles. The summed E-state index contributed by atoms with van der Waals surface area (Å²) in [7, 11) is 0. The maximum Gasteiger partial charge on any atom is 0.344 e. The van der Waals surface area contributed by atoms with Gasteiger partial charge in [-0.05, 0) is 12.1 Å². The molecular weight excluding hydrogens is 178 g/mol. The molecule has 0 radical (unpaired) electrons. The number of nitrogens with zero attached hydrogens (tertiary/aromatic N) is 1. The monoisotopic (exact) mass is 183 g/mol. The van der Waals surface area contributed by atoms with Crippen molar-refractivity contribution in [2.75, 3.05) is 5.84 Å². The number of imidazole rings is 1. The van der Waals surface area contributed by atoms with Crippen LogP contribution >= 0.6 is 11.6 Å². The summed E-state index contributed by atoms with van der Waals surface area (Å²) in [6.45, 7) is 0. The fourth-order valence-electron chi connectivity index (χ4n) is 1.14. The minimum Gasteiger partial charge on any atom is -0.335 e. The Morgan fingerprint density at radius 3 is 2.92 bits per heavy atom. The number of aromatic nitrogens is 2. The predicted octanol–water partition coefficient (Wildman–Crippen LogP) is 0.697. The highest BCUT2D eigenvalue weighted by molar-refractivity contribution is 6.34. The van der Waals surface area contributed by atoms with Crippen LogP contribution in [0.15, 0.2) is 23.0 Å². The standard InChI is InChI=1S/C7H6ClN3O/c8-4-2-1-3-5-6(4)11(9)7(12)10-5/h1-3H,9H2,(H,10,12). The van der Waals surface area contributed by atoms with Gasteiger partial charge in [0.25, 0.3) is 0 Å². The lowest BCUT2D eigenvalue weighted by Crippen LogP contribution is -2.23. The molecule has 0 unspecified atom stereocenters. The van der Waals surface area contributed by atoms with Crippen LogP contribution in [-0.4, -0.2) is 9.66 Å². The Hall–Kier alpha value is -1.42. The van der Waals surface area contributed by atoms with Gasteiger partial charge in [0.1, 0.15) is 5.52 Å². The highest BCUT2D eigenvalue weighted by Gasteiger charge is 2.05. The van der Waals surface area contributed by atoms with E-state index in [0.717, 1.165) is 4.68 Å². The van der Waals surface area contributed by atoms with Gasteiger partial charge in [-0.3, -0.25) is 0 Å². The van der Waals surface area contributed by atoms with E-state index in [4.69, 9.17) is 17.4 Å². The maximum atomic E-state index is 11.0. The molecule has 0 bridgehead atoms. The molecule has 0 spiro atoms. The number of hydrogen-bond donors (Lipinski definition) is 2. The quantitative estimate of drug-likeness (QED) is 0.591. The molecule has 0 aliphatic carbocycles. The lowest BCUT2D eigenvalue weighted by molar-refractivity contribution is 0.967. The number of H-pyrrole nitrogens is 1. The summed E-state index contributed by atoms with van der Waals surface area (Å²) in [6, 6.07) is 5.17.